The number of hydrogen-bond donors (Lipinski definition) is 2. The van der Waals surface area contributed by atoms with Crippen LogP contribution >= 0.6 is 0 Å². The third-order valence-corrected chi connectivity index (χ3v) is 5.84. The summed E-state index contributed by atoms with van der Waals surface area (Å²) in [5.74, 6) is -1.17. The Morgan fingerprint density at radius 1 is 1.15 bits per heavy atom. The van der Waals surface area contributed by atoms with Gasteiger partial charge in [-0.2, -0.15) is 0 Å². The number of pyridine rings is 1. The molecule has 9 heteroatoms. The van der Waals surface area contributed by atoms with Crippen LogP contribution in [0.2, 0.25) is 0 Å². The van der Waals surface area contributed by atoms with Gasteiger partial charge in [0.05, 0.1) is 11.8 Å². The quantitative estimate of drug-likeness (QED) is 0.780. The van der Waals surface area contributed by atoms with E-state index in [0.717, 1.165) is 37.8 Å². The molecule has 6 nitrogen and oxygen atoms in total. The van der Waals surface area contributed by atoms with Gasteiger partial charge in [0.15, 0.2) is 0 Å². The zero-order valence-corrected chi connectivity index (χ0v) is 15.6. The van der Waals surface area contributed by atoms with Gasteiger partial charge in [-0.1, -0.05) is 0 Å². The predicted molar refractivity (Wildman–Crippen MR) is 98.1 cm³/mol. The number of hydrogen-bond acceptors (Lipinski definition) is 5. The second-order valence-electron chi connectivity index (χ2n) is 6.51. The molecule has 0 aliphatic heterocycles. The van der Waals surface area contributed by atoms with Crippen LogP contribution in [0.4, 0.5) is 20.3 Å². The van der Waals surface area contributed by atoms with Crippen molar-refractivity contribution in [1.29, 1.82) is 0 Å². The van der Waals surface area contributed by atoms with Crippen molar-refractivity contribution < 1.29 is 21.9 Å². The molecule has 0 spiro atoms. The lowest BCUT2D eigenvalue weighted by Gasteiger charge is -2.29. The lowest BCUT2D eigenvalue weighted by atomic mass is 9.93. The first-order chi connectivity index (χ1) is 12.9. The summed E-state index contributed by atoms with van der Waals surface area (Å²) in [6.45, 7) is 0. The number of anilines is 2. The minimum absolute atomic E-state index is 0.101. The van der Waals surface area contributed by atoms with Crippen LogP contribution < -0.4 is 10.0 Å². The number of nitrogens with one attached hydrogen (secondary N) is 2. The van der Waals surface area contributed by atoms with E-state index >= 15 is 0 Å². The van der Waals surface area contributed by atoms with Crippen molar-refractivity contribution >= 4 is 21.5 Å². The average Bonchev–Trinajstić information content (AvgIpc) is 2.61. The third-order valence-electron chi connectivity index (χ3n) is 4.47. The van der Waals surface area contributed by atoms with Crippen molar-refractivity contribution in [2.75, 3.05) is 17.1 Å². The zero-order valence-electron chi connectivity index (χ0n) is 14.8. The van der Waals surface area contributed by atoms with Crippen LogP contribution in [0, 0.1) is 11.6 Å². The van der Waals surface area contributed by atoms with Gasteiger partial charge in [-0.25, -0.2) is 22.2 Å². The van der Waals surface area contributed by atoms with E-state index in [0.29, 0.717) is 11.9 Å². The van der Waals surface area contributed by atoms with E-state index in [2.05, 4.69) is 15.0 Å². The largest absolute Gasteiger partial charge is 0.381 e. The van der Waals surface area contributed by atoms with Gasteiger partial charge in [0.1, 0.15) is 22.3 Å². The molecule has 2 unspecified atom stereocenters. The highest BCUT2D eigenvalue weighted by molar-refractivity contribution is 7.92. The van der Waals surface area contributed by atoms with Crippen LogP contribution in [0.25, 0.3) is 0 Å². The monoisotopic (exact) mass is 397 g/mol. The first kappa shape index (κ1) is 19.5. The van der Waals surface area contributed by atoms with Crippen LogP contribution in [0.3, 0.4) is 0 Å². The standard InChI is InChI=1S/C18H21F2N3O3S/c1-26-16-4-2-3-14(10-16)22-18-6-5-17(11-21-18)27(24,25)23-15-8-12(19)7-13(20)9-15/h5-9,11,14,16,23H,2-4,10H2,1H3,(H,21,22). The topological polar surface area (TPSA) is 80.3 Å². The van der Waals surface area contributed by atoms with Gasteiger partial charge < -0.3 is 10.1 Å². The summed E-state index contributed by atoms with van der Waals surface area (Å²) in [6.07, 6.45) is 5.37. The molecule has 1 aliphatic carbocycles. The fraction of sp³-hybridized carbons (Fsp3) is 0.389. The second-order valence-corrected chi connectivity index (χ2v) is 8.19. The predicted octanol–water partition coefficient (Wildman–Crippen LogP) is 3.53. The highest BCUT2D eigenvalue weighted by atomic mass is 32.2. The van der Waals surface area contributed by atoms with E-state index in [1.807, 2.05) is 0 Å². The van der Waals surface area contributed by atoms with E-state index in [-0.39, 0.29) is 22.7 Å². The fourth-order valence-electron chi connectivity index (χ4n) is 3.15. The molecule has 0 saturated heterocycles. The smallest absolute Gasteiger partial charge is 0.263 e. The molecule has 2 aromatic rings. The molecule has 27 heavy (non-hydrogen) atoms. The van der Waals surface area contributed by atoms with Gasteiger partial charge in [0, 0.05) is 25.4 Å². The minimum Gasteiger partial charge on any atom is -0.381 e. The number of ether oxygens (including phenoxy) is 1. The summed E-state index contributed by atoms with van der Waals surface area (Å²) >= 11 is 0. The second kappa shape index (κ2) is 8.18. The SMILES string of the molecule is COC1CCCC(Nc2ccc(S(=O)(=O)Nc3cc(F)cc(F)c3)cn2)C1. The van der Waals surface area contributed by atoms with E-state index in [1.54, 1.807) is 13.2 Å². The molecule has 146 valence electrons. The molecule has 1 aromatic heterocycles. The Bertz CT molecular complexity index is 871. The van der Waals surface area contributed by atoms with Crippen LogP contribution in [0.5, 0.6) is 0 Å². The van der Waals surface area contributed by atoms with Crippen molar-refractivity contribution in [3.8, 4) is 0 Å². The number of methoxy groups -OCH3 is 1. The van der Waals surface area contributed by atoms with Gasteiger partial charge in [-0.3, -0.25) is 4.72 Å². The van der Waals surface area contributed by atoms with Crippen LogP contribution in [0.15, 0.2) is 41.4 Å². The first-order valence-corrected chi connectivity index (χ1v) is 10.1. The van der Waals surface area contributed by atoms with Crippen LogP contribution in [-0.4, -0.2) is 32.7 Å². The molecule has 1 saturated carbocycles. The molecule has 0 amide bonds. The molecule has 1 aliphatic rings. The Labute approximate surface area is 157 Å². The van der Waals surface area contributed by atoms with Crippen molar-refractivity contribution in [1.82, 2.24) is 4.98 Å². The Balaban J connectivity index is 1.68. The fourth-order valence-corrected chi connectivity index (χ4v) is 4.14. The molecule has 1 heterocycles. The number of rotatable bonds is 6. The molecule has 1 fully saturated rings. The normalized spacial score (nSPS) is 20.3. The molecule has 0 radical (unpaired) electrons. The van der Waals surface area contributed by atoms with Crippen LogP contribution in [-0.2, 0) is 14.8 Å². The van der Waals surface area contributed by atoms with E-state index < -0.39 is 21.7 Å². The molecule has 2 atom stereocenters. The first-order valence-electron chi connectivity index (χ1n) is 8.60. The van der Waals surface area contributed by atoms with Gasteiger partial charge in [-0.15, -0.1) is 0 Å². The van der Waals surface area contributed by atoms with Gasteiger partial charge in [0.25, 0.3) is 10.0 Å². The molecule has 1 aromatic carbocycles. The van der Waals surface area contributed by atoms with Crippen molar-refractivity contribution in [3.05, 3.63) is 48.2 Å². The maximum Gasteiger partial charge on any atom is 0.263 e. The number of halogens is 2. The number of benzene rings is 1. The summed E-state index contributed by atoms with van der Waals surface area (Å²) in [5.41, 5.74) is -0.192. The summed E-state index contributed by atoms with van der Waals surface area (Å²) in [7, 11) is -2.31. The number of aromatic nitrogens is 1. The van der Waals surface area contributed by atoms with E-state index in [1.165, 1.54) is 12.3 Å². The Morgan fingerprint density at radius 3 is 2.52 bits per heavy atom. The number of nitrogens with zero attached hydrogens (tertiary/aromatic N) is 1. The Kier molecular flexibility index (Phi) is 5.91. The van der Waals surface area contributed by atoms with Crippen molar-refractivity contribution in [2.24, 2.45) is 0 Å². The summed E-state index contributed by atoms with van der Waals surface area (Å²) < 4.78 is 58.7. The van der Waals surface area contributed by atoms with Crippen molar-refractivity contribution in [3.63, 3.8) is 0 Å². The average molecular weight is 397 g/mol. The molecular weight excluding hydrogens is 376 g/mol. The van der Waals surface area contributed by atoms with E-state index in [4.69, 9.17) is 4.74 Å². The maximum absolute atomic E-state index is 13.2. The maximum atomic E-state index is 13.2. The van der Waals surface area contributed by atoms with Gasteiger partial charge in [0.2, 0.25) is 0 Å². The van der Waals surface area contributed by atoms with E-state index in [9.17, 15) is 17.2 Å². The zero-order chi connectivity index (χ0) is 19.4. The van der Waals surface area contributed by atoms with Crippen LogP contribution in [0.1, 0.15) is 25.7 Å². The molecule has 0 bridgehead atoms. The minimum atomic E-state index is -4.00. The van der Waals surface area contributed by atoms with Crippen molar-refractivity contribution in [2.45, 2.75) is 42.7 Å². The summed E-state index contributed by atoms with van der Waals surface area (Å²) in [4.78, 5) is 4.05. The van der Waals surface area contributed by atoms with Gasteiger partial charge >= 0.3 is 0 Å². The molecule has 2 N–H and O–H groups in total. The Hall–Kier alpha value is -2.26. The van der Waals surface area contributed by atoms with Gasteiger partial charge in [-0.05, 0) is 49.9 Å². The Morgan fingerprint density at radius 2 is 1.89 bits per heavy atom. The summed E-state index contributed by atoms with van der Waals surface area (Å²) in [6, 6.07) is 5.64. The molecule has 3 rings (SSSR count). The molecular formula is C18H21F2N3O3S. The lowest BCUT2D eigenvalue weighted by molar-refractivity contribution is 0.0669. The third kappa shape index (κ3) is 5.14. The lowest BCUT2D eigenvalue weighted by Crippen LogP contribution is -2.31. The highest BCUT2D eigenvalue weighted by Gasteiger charge is 2.22. The number of sulfonamides is 1. The summed E-state index contributed by atoms with van der Waals surface area (Å²) in [5, 5.41) is 3.28. The highest BCUT2D eigenvalue weighted by Crippen LogP contribution is 2.24.